The number of hydrogen-bond acceptors (Lipinski definition) is 3. The minimum absolute atomic E-state index is 0.0136. The average Bonchev–Trinajstić information content (AvgIpc) is 2.86. The average molecular weight is 555 g/mol. The Bertz CT molecular complexity index is 953. The minimum atomic E-state index is -2.67. The van der Waals surface area contributed by atoms with E-state index in [-0.39, 0.29) is 33.9 Å². The molecular formula is C33H54O3Si2. The first-order chi connectivity index (χ1) is 17.5. The first kappa shape index (κ1) is 32.7. The molecule has 1 N–H and O–H groups in total. The minimum Gasteiger partial charge on any atom is -0.413 e. The molecule has 0 unspecified atom stereocenters. The van der Waals surface area contributed by atoms with E-state index in [9.17, 15) is 5.11 Å². The molecule has 0 bridgehead atoms. The number of hydrogen-bond donors (Lipinski definition) is 1. The predicted octanol–water partition coefficient (Wildman–Crippen LogP) is 7.41. The van der Waals surface area contributed by atoms with Crippen LogP contribution in [-0.2, 0) is 8.85 Å². The third-order valence-corrected chi connectivity index (χ3v) is 18.2. The van der Waals surface area contributed by atoms with Crippen LogP contribution in [0.25, 0.3) is 0 Å². The summed E-state index contributed by atoms with van der Waals surface area (Å²) in [5.74, 6) is 0.0163. The number of rotatable bonds is 12. The lowest BCUT2D eigenvalue weighted by molar-refractivity contribution is -0.0228. The number of aliphatic hydroxyl groups is 1. The molecule has 0 aliphatic rings. The Labute approximate surface area is 235 Å². The van der Waals surface area contributed by atoms with Gasteiger partial charge < -0.3 is 14.0 Å². The summed E-state index contributed by atoms with van der Waals surface area (Å²) in [6.45, 7) is 29.2. The van der Waals surface area contributed by atoms with Crippen molar-refractivity contribution >= 4 is 27.0 Å². The smallest absolute Gasteiger partial charge is 0.261 e. The van der Waals surface area contributed by atoms with Gasteiger partial charge in [-0.2, -0.15) is 0 Å². The zero-order valence-electron chi connectivity index (χ0n) is 25.9. The molecule has 2 aromatic rings. The third-order valence-electron chi connectivity index (χ3n) is 8.74. The standard InChI is InChI=1S/C33H54O3Si2/c1-13-25(2)30(34)27(4)31(36-37(11,12)32(5,6)7)26(3)24-35-38(33(8,9)10,28-20-16-14-17-21-28)29-22-18-15-19-23-29/h13-23,25-27,30-31,34H,1,24H2,2-12H3/t25-,26+,27+,30-,31-/m1/s1. The van der Waals surface area contributed by atoms with Crippen LogP contribution in [0.3, 0.4) is 0 Å². The van der Waals surface area contributed by atoms with Gasteiger partial charge in [0.25, 0.3) is 8.32 Å². The molecule has 0 saturated carbocycles. The number of benzene rings is 2. The second kappa shape index (κ2) is 12.8. The highest BCUT2D eigenvalue weighted by molar-refractivity contribution is 6.99. The fourth-order valence-electron chi connectivity index (χ4n) is 5.18. The van der Waals surface area contributed by atoms with Gasteiger partial charge in [0.05, 0.1) is 12.2 Å². The summed E-state index contributed by atoms with van der Waals surface area (Å²) in [7, 11) is -4.77. The molecule has 0 fully saturated rings. The fraction of sp³-hybridized carbons (Fsp3) is 0.576. The molecule has 5 heteroatoms. The Morgan fingerprint density at radius 3 is 1.63 bits per heavy atom. The van der Waals surface area contributed by atoms with Gasteiger partial charge in [0, 0.05) is 24.4 Å². The van der Waals surface area contributed by atoms with Gasteiger partial charge >= 0.3 is 0 Å². The maximum Gasteiger partial charge on any atom is 0.261 e. The highest BCUT2D eigenvalue weighted by atomic mass is 28.4. The summed E-state index contributed by atoms with van der Waals surface area (Å²) in [5.41, 5.74) is 0. The lowest BCUT2D eigenvalue weighted by atomic mass is 9.84. The number of aliphatic hydroxyl groups excluding tert-OH is 1. The van der Waals surface area contributed by atoms with E-state index in [1.54, 1.807) is 0 Å². The van der Waals surface area contributed by atoms with Crippen LogP contribution in [0.2, 0.25) is 23.2 Å². The first-order valence-electron chi connectivity index (χ1n) is 14.2. The van der Waals surface area contributed by atoms with Crippen LogP contribution in [-0.4, -0.2) is 40.6 Å². The zero-order valence-corrected chi connectivity index (χ0v) is 27.9. The molecule has 5 atom stereocenters. The molecule has 0 saturated heterocycles. The van der Waals surface area contributed by atoms with Crippen LogP contribution in [0.5, 0.6) is 0 Å². The largest absolute Gasteiger partial charge is 0.413 e. The van der Waals surface area contributed by atoms with E-state index in [2.05, 4.69) is 136 Å². The normalized spacial score (nSPS) is 17.4. The van der Waals surface area contributed by atoms with Gasteiger partial charge in [-0.15, -0.1) is 6.58 Å². The summed E-state index contributed by atoms with van der Waals surface area (Å²) in [4.78, 5) is 0. The molecule has 3 nitrogen and oxygen atoms in total. The molecule has 0 amide bonds. The Kier molecular flexibility index (Phi) is 11.0. The molecular weight excluding hydrogens is 501 g/mol. The lowest BCUT2D eigenvalue weighted by Gasteiger charge is -2.46. The molecule has 2 aromatic carbocycles. The summed E-state index contributed by atoms with van der Waals surface area (Å²) in [6.07, 6.45) is 1.18. The van der Waals surface area contributed by atoms with Crippen molar-refractivity contribution in [3.8, 4) is 0 Å². The Balaban J connectivity index is 2.54. The van der Waals surface area contributed by atoms with Gasteiger partial charge in [-0.1, -0.05) is 129 Å². The van der Waals surface area contributed by atoms with Gasteiger partial charge in [-0.25, -0.2) is 0 Å². The fourth-order valence-corrected chi connectivity index (χ4v) is 11.3. The topological polar surface area (TPSA) is 38.7 Å². The van der Waals surface area contributed by atoms with Crippen LogP contribution in [0, 0.1) is 17.8 Å². The maximum atomic E-state index is 11.3. The van der Waals surface area contributed by atoms with Gasteiger partial charge in [0.15, 0.2) is 8.32 Å². The molecule has 0 spiro atoms. The highest BCUT2D eigenvalue weighted by Crippen LogP contribution is 2.41. The van der Waals surface area contributed by atoms with E-state index in [0.717, 1.165) is 0 Å². The first-order valence-corrected chi connectivity index (χ1v) is 19.0. The summed E-state index contributed by atoms with van der Waals surface area (Å²) in [5, 5.41) is 13.8. The highest BCUT2D eigenvalue weighted by Gasteiger charge is 2.51. The van der Waals surface area contributed by atoms with Crippen LogP contribution in [0.15, 0.2) is 73.3 Å². The van der Waals surface area contributed by atoms with Gasteiger partial charge in [0.2, 0.25) is 0 Å². The van der Waals surface area contributed by atoms with E-state index in [1.807, 2.05) is 13.0 Å². The molecule has 0 radical (unpaired) electrons. The van der Waals surface area contributed by atoms with Crippen molar-refractivity contribution in [2.75, 3.05) is 6.61 Å². The Morgan fingerprint density at radius 1 is 0.816 bits per heavy atom. The van der Waals surface area contributed by atoms with E-state index < -0.39 is 22.7 Å². The maximum absolute atomic E-state index is 11.3. The lowest BCUT2D eigenvalue weighted by Crippen LogP contribution is -2.67. The van der Waals surface area contributed by atoms with Gasteiger partial charge in [0.1, 0.15) is 0 Å². The summed E-state index contributed by atoms with van der Waals surface area (Å²) in [6, 6.07) is 21.6. The van der Waals surface area contributed by atoms with E-state index in [4.69, 9.17) is 8.85 Å². The van der Waals surface area contributed by atoms with Crippen molar-refractivity contribution in [3.05, 3.63) is 73.3 Å². The van der Waals surface area contributed by atoms with Crippen molar-refractivity contribution in [2.24, 2.45) is 17.8 Å². The van der Waals surface area contributed by atoms with Gasteiger partial charge in [-0.3, -0.25) is 0 Å². The summed E-state index contributed by atoms with van der Waals surface area (Å²) < 4.78 is 14.4. The second-order valence-electron chi connectivity index (χ2n) is 13.7. The second-order valence-corrected chi connectivity index (χ2v) is 22.8. The van der Waals surface area contributed by atoms with E-state index >= 15 is 0 Å². The summed E-state index contributed by atoms with van der Waals surface area (Å²) >= 11 is 0. The SMILES string of the molecule is C=C[C@@H](C)[C@@H](O)[C@H](C)[C@H](O[Si](C)(C)C(C)(C)C)[C@@H](C)CO[Si](c1ccccc1)(c1ccccc1)C(C)(C)C. The van der Waals surface area contributed by atoms with Crippen molar-refractivity contribution in [2.45, 2.75) is 97.7 Å². The van der Waals surface area contributed by atoms with E-state index in [0.29, 0.717) is 6.61 Å². The van der Waals surface area contributed by atoms with Crippen molar-refractivity contribution in [3.63, 3.8) is 0 Å². The molecule has 2 rings (SSSR count). The predicted molar refractivity (Wildman–Crippen MR) is 169 cm³/mol. The monoisotopic (exact) mass is 554 g/mol. The Morgan fingerprint density at radius 2 is 1.26 bits per heavy atom. The molecule has 0 aromatic heterocycles. The van der Waals surface area contributed by atoms with Crippen molar-refractivity contribution in [1.29, 1.82) is 0 Å². The molecule has 0 heterocycles. The molecule has 212 valence electrons. The van der Waals surface area contributed by atoms with Crippen molar-refractivity contribution in [1.82, 2.24) is 0 Å². The zero-order chi connectivity index (χ0) is 28.9. The molecule has 38 heavy (non-hydrogen) atoms. The van der Waals surface area contributed by atoms with Crippen LogP contribution in [0.1, 0.15) is 62.3 Å². The Hall–Kier alpha value is -1.51. The quantitative estimate of drug-likeness (QED) is 0.219. The molecule has 0 aliphatic heterocycles. The third kappa shape index (κ3) is 7.16. The molecule has 0 aliphatic carbocycles. The van der Waals surface area contributed by atoms with Crippen LogP contribution < -0.4 is 10.4 Å². The van der Waals surface area contributed by atoms with Gasteiger partial charge in [-0.05, 0) is 33.5 Å². The van der Waals surface area contributed by atoms with Crippen LogP contribution >= 0.6 is 0 Å². The van der Waals surface area contributed by atoms with Crippen molar-refractivity contribution < 1.29 is 14.0 Å². The van der Waals surface area contributed by atoms with Crippen LogP contribution in [0.4, 0.5) is 0 Å². The van der Waals surface area contributed by atoms with E-state index in [1.165, 1.54) is 10.4 Å².